The molecule has 1 heterocycles. The lowest BCUT2D eigenvalue weighted by atomic mass is 9.90. The van der Waals surface area contributed by atoms with Crippen LogP contribution in [-0.2, 0) is 0 Å². The Bertz CT molecular complexity index is 104. The molecule has 2 unspecified atom stereocenters. The zero-order chi connectivity index (χ0) is 9.56. The quantitative estimate of drug-likeness (QED) is 0.680. The highest BCUT2D eigenvalue weighted by atomic mass is 19.1. The molecule has 1 aliphatic rings. The highest BCUT2D eigenvalue weighted by Gasteiger charge is 2.28. The molecule has 0 aromatic rings. The Labute approximate surface area is 75.7 Å². The summed E-state index contributed by atoms with van der Waals surface area (Å²) in [5.41, 5.74) is 0. The lowest BCUT2D eigenvalue weighted by Crippen LogP contribution is -2.31. The van der Waals surface area contributed by atoms with Gasteiger partial charge in [-0.25, -0.2) is 4.39 Å². The predicted octanol–water partition coefficient (Wildman–Crippen LogP) is 2.62. The van der Waals surface area contributed by atoms with Crippen LogP contribution in [0, 0.1) is 11.8 Å². The summed E-state index contributed by atoms with van der Waals surface area (Å²) in [5.74, 6) is 1.18. The van der Waals surface area contributed by atoms with E-state index in [9.17, 15) is 4.39 Å². The molecule has 0 aromatic carbocycles. The van der Waals surface area contributed by atoms with E-state index >= 15 is 0 Å². The smallest absolute Gasteiger partial charge is 0.105 e. The van der Waals surface area contributed by atoms with Crippen LogP contribution in [0.1, 0.15) is 34.1 Å². The third-order valence-electron chi connectivity index (χ3n) is 2.42. The van der Waals surface area contributed by atoms with Crippen molar-refractivity contribution in [1.29, 1.82) is 0 Å². The first-order valence-electron chi connectivity index (χ1n) is 5.05. The molecule has 0 aromatic heterocycles. The molecule has 1 rings (SSSR count). The molecule has 0 radical (unpaired) electrons. The van der Waals surface area contributed by atoms with Crippen LogP contribution < -0.4 is 5.32 Å². The fourth-order valence-corrected chi connectivity index (χ4v) is 1.75. The highest BCUT2D eigenvalue weighted by molar-refractivity contribution is 4.84. The van der Waals surface area contributed by atoms with Crippen LogP contribution in [0.5, 0.6) is 0 Å². The van der Waals surface area contributed by atoms with Crippen molar-refractivity contribution in [3.8, 4) is 0 Å². The fraction of sp³-hybridized carbons (Fsp3) is 1.00. The van der Waals surface area contributed by atoms with E-state index in [2.05, 4.69) is 19.2 Å². The topological polar surface area (TPSA) is 12.0 Å². The van der Waals surface area contributed by atoms with Gasteiger partial charge < -0.3 is 5.32 Å². The molecule has 0 amide bonds. The first-order valence-corrected chi connectivity index (χ1v) is 5.05. The number of nitrogens with one attached hydrogen (secondary N) is 1. The summed E-state index contributed by atoms with van der Waals surface area (Å²) in [4.78, 5) is 0. The average molecular weight is 175 g/mol. The maximum Gasteiger partial charge on any atom is 0.105 e. The van der Waals surface area contributed by atoms with Gasteiger partial charge in [-0.05, 0) is 24.8 Å². The van der Waals surface area contributed by atoms with Crippen molar-refractivity contribution in [2.45, 2.75) is 40.2 Å². The molecule has 1 nitrogen and oxygen atoms in total. The molecular weight excluding hydrogens is 153 g/mol. The van der Waals surface area contributed by atoms with E-state index in [1.165, 1.54) is 0 Å². The maximum atomic E-state index is 12.2. The lowest BCUT2D eigenvalue weighted by molar-refractivity contribution is 0.286. The molecule has 74 valence electrons. The van der Waals surface area contributed by atoms with Crippen LogP contribution in [-0.4, -0.2) is 19.3 Å². The summed E-state index contributed by atoms with van der Waals surface area (Å²) in [5, 5.41) is 3.16. The Morgan fingerprint density at radius 2 is 2.00 bits per heavy atom. The second kappa shape index (κ2) is 6.41. The van der Waals surface area contributed by atoms with Crippen LogP contribution in [0.15, 0.2) is 0 Å². The van der Waals surface area contributed by atoms with E-state index in [0.29, 0.717) is 11.8 Å². The summed E-state index contributed by atoms with van der Waals surface area (Å²) in [6, 6.07) is 0.139. The van der Waals surface area contributed by atoms with Crippen molar-refractivity contribution < 1.29 is 4.39 Å². The van der Waals surface area contributed by atoms with Gasteiger partial charge >= 0.3 is 0 Å². The van der Waals surface area contributed by atoms with E-state index < -0.39 is 0 Å². The third-order valence-corrected chi connectivity index (χ3v) is 2.42. The Morgan fingerprint density at radius 1 is 1.42 bits per heavy atom. The second-order valence-corrected chi connectivity index (χ2v) is 3.41. The van der Waals surface area contributed by atoms with Crippen LogP contribution in [0.3, 0.4) is 0 Å². The summed E-state index contributed by atoms with van der Waals surface area (Å²) >= 11 is 0. The van der Waals surface area contributed by atoms with E-state index in [-0.39, 0.29) is 12.7 Å². The van der Waals surface area contributed by atoms with Gasteiger partial charge in [0.05, 0.1) is 0 Å². The predicted molar refractivity (Wildman–Crippen MR) is 52.1 cm³/mol. The molecule has 1 saturated heterocycles. The number of hydrogen-bond acceptors (Lipinski definition) is 1. The van der Waals surface area contributed by atoms with Gasteiger partial charge in [0.2, 0.25) is 0 Å². The Balaban J connectivity index is 0.000000561. The molecule has 0 spiro atoms. The number of alkyl halides is 1. The van der Waals surface area contributed by atoms with Crippen LogP contribution >= 0.6 is 0 Å². The van der Waals surface area contributed by atoms with Crippen molar-refractivity contribution >= 4 is 0 Å². The molecule has 1 aliphatic heterocycles. The summed E-state index contributed by atoms with van der Waals surface area (Å²) in [6.45, 7) is 9.13. The number of rotatable bonds is 2. The van der Waals surface area contributed by atoms with Crippen molar-refractivity contribution in [2.24, 2.45) is 11.8 Å². The average Bonchev–Trinajstić information content (AvgIpc) is 2.55. The van der Waals surface area contributed by atoms with Crippen LogP contribution in [0.4, 0.5) is 4.39 Å². The molecule has 12 heavy (non-hydrogen) atoms. The minimum absolute atomic E-state index is 0.139. The molecule has 0 bridgehead atoms. The number of hydrogen-bond donors (Lipinski definition) is 1. The second-order valence-electron chi connectivity index (χ2n) is 3.41. The number of halogens is 1. The first-order chi connectivity index (χ1) is 5.75. The van der Waals surface area contributed by atoms with Crippen LogP contribution in [0.2, 0.25) is 0 Å². The fourth-order valence-electron chi connectivity index (χ4n) is 1.75. The Kier molecular flexibility index (Phi) is 6.35. The lowest BCUT2D eigenvalue weighted by Gasteiger charge is -2.19. The SMILES string of the molecule is CC.CC(C)C1CCNC1CF. The van der Waals surface area contributed by atoms with Gasteiger partial charge in [-0.15, -0.1) is 0 Å². The molecule has 1 N–H and O–H groups in total. The van der Waals surface area contributed by atoms with Gasteiger partial charge in [-0.1, -0.05) is 27.7 Å². The Morgan fingerprint density at radius 3 is 2.33 bits per heavy atom. The minimum atomic E-state index is -0.206. The monoisotopic (exact) mass is 175 g/mol. The zero-order valence-electron chi connectivity index (χ0n) is 8.73. The first kappa shape index (κ1) is 11.9. The standard InChI is InChI=1S/C8H16FN.C2H6/c1-6(2)7-3-4-10-8(7)5-9;1-2/h6-8,10H,3-5H2,1-2H3;1-2H3. The largest absolute Gasteiger partial charge is 0.311 e. The van der Waals surface area contributed by atoms with Gasteiger partial charge in [0.15, 0.2) is 0 Å². The van der Waals surface area contributed by atoms with Crippen molar-refractivity contribution in [3.63, 3.8) is 0 Å². The molecule has 0 aliphatic carbocycles. The van der Waals surface area contributed by atoms with Crippen molar-refractivity contribution in [1.82, 2.24) is 5.32 Å². The Hall–Kier alpha value is -0.110. The maximum absolute atomic E-state index is 12.2. The molecule has 1 fully saturated rings. The van der Waals surface area contributed by atoms with Gasteiger partial charge in [0, 0.05) is 6.04 Å². The van der Waals surface area contributed by atoms with Gasteiger partial charge in [-0.2, -0.15) is 0 Å². The summed E-state index contributed by atoms with van der Waals surface area (Å²) < 4.78 is 12.2. The van der Waals surface area contributed by atoms with E-state index in [0.717, 1.165) is 13.0 Å². The zero-order valence-corrected chi connectivity index (χ0v) is 8.73. The molecule has 0 saturated carbocycles. The third kappa shape index (κ3) is 3.10. The van der Waals surface area contributed by atoms with Gasteiger partial charge in [0.1, 0.15) is 6.67 Å². The normalized spacial score (nSPS) is 28.5. The summed E-state index contributed by atoms with van der Waals surface area (Å²) in [7, 11) is 0. The van der Waals surface area contributed by atoms with Gasteiger partial charge in [-0.3, -0.25) is 0 Å². The summed E-state index contributed by atoms with van der Waals surface area (Å²) in [6.07, 6.45) is 1.15. The minimum Gasteiger partial charge on any atom is -0.311 e. The van der Waals surface area contributed by atoms with Gasteiger partial charge in [0.25, 0.3) is 0 Å². The van der Waals surface area contributed by atoms with E-state index in [4.69, 9.17) is 0 Å². The molecule has 2 atom stereocenters. The van der Waals surface area contributed by atoms with E-state index in [1.54, 1.807) is 0 Å². The van der Waals surface area contributed by atoms with Crippen molar-refractivity contribution in [2.75, 3.05) is 13.2 Å². The van der Waals surface area contributed by atoms with Crippen LogP contribution in [0.25, 0.3) is 0 Å². The molecular formula is C10H22FN. The van der Waals surface area contributed by atoms with E-state index in [1.807, 2.05) is 13.8 Å². The molecule has 2 heteroatoms. The highest BCUT2D eigenvalue weighted by Crippen LogP contribution is 2.23. The van der Waals surface area contributed by atoms with Crippen molar-refractivity contribution in [3.05, 3.63) is 0 Å².